The lowest BCUT2D eigenvalue weighted by Crippen LogP contribution is -2.47. The molecule has 0 aromatic heterocycles. The summed E-state index contributed by atoms with van der Waals surface area (Å²) >= 11 is 0. The van der Waals surface area contributed by atoms with Gasteiger partial charge in [0.05, 0.1) is 24.9 Å². The molecule has 3 aliphatic rings. The fourth-order valence-electron chi connectivity index (χ4n) is 5.71. The molecule has 3 fully saturated rings. The van der Waals surface area contributed by atoms with Crippen molar-refractivity contribution in [1.29, 1.82) is 0 Å². The molecular formula is C32H48O9. The second kappa shape index (κ2) is 16.6. The van der Waals surface area contributed by atoms with Crippen LogP contribution < -0.4 is 4.74 Å². The Morgan fingerprint density at radius 2 is 1.76 bits per heavy atom. The number of carbonyl (C=O) groups is 1. The molecule has 2 N–H and O–H groups in total. The minimum absolute atomic E-state index is 0.147. The summed E-state index contributed by atoms with van der Waals surface area (Å²) in [6.45, 7) is 3.85. The van der Waals surface area contributed by atoms with Gasteiger partial charge >= 0.3 is 5.97 Å². The highest BCUT2D eigenvalue weighted by molar-refractivity contribution is 5.66. The van der Waals surface area contributed by atoms with Gasteiger partial charge in [0, 0.05) is 32.0 Å². The Labute approximate surface area is 244 Å². The van der Waals surface area contributed by atoms with E-state index in [-0.39, 0.29) is 50.3 Å². The van der Waals surface area contributed by atoms with Crippen molar-refractivity contribution >= 4 is 5.97 Å². The smallest absolute Gasteiger partial charge is 0.303 e. The van der Waals surface area contributed by atoms with E-state index in [1.807, 2.05) is 49.4 Å². The molecular weight excluding hydrogens is 528 g/mol. The Kier molecular flexibility index (Phi) is 12.9. The molecule has 9 nitrogen and oxygen atoms in total. The van der Waals surface area contributed by atoms with Crippen molar-refractivity contribution in [2.24, 2.45) is 5.92 Å². The number of aliphatic carboxylic acids is 1. The van der Waals surface area contributed by atoms with Crippen molar-refractivity contribution in [3.05, 3.63) is 42.5 Å². The lowest BCUT2D eigenvalue weighted by molar-refractivity contribution is -0.253. The molecule has 2 aliphatic heterocycles. The third kappa shape index (κ3) is 10.6. The van der Waals surface area contributed by atoms with Crippen LogP contribution in [0.4, 0.5) is 0 Å². The number of para-hydroxylation sites is 1. The van der Waals surface area contributed by atoms with Crippen LogP contribution in [0.15, 0.2) is 42.5 Å². The molecule has 0 bridgehead atoms. The van der Waals surface area contributed by atoms with Crippen LogP contribution in [0.3, 0.4) is 0 Å². The summed E-state index contributed by atoms with van der Waals surface area (Å²) in [4.78, 5) is 10.8. The highest BCUT2D eigenvalue weighted by Crippen LogP contribution is 2.37. The summed E-state index contributed by atoms with van der Waals surface area (Å²) < 4.78 is 37.4. The third-order valence-corrected chi connectivity index (χ3v) is 7.98. The highest BCUT2D eigenvalue weighted by atomic mass is 16.7. The summed E-state index contributed by atoms with van der Waals surface area (Å²) in [5, 5.41) is 20.0. The lowest BCUT2D eigenvalue weighted by Gasteiger charge is -2.37. The van der Waals surface area contributed by atoms with Crippen LogP contribution in [-0.4, -0.2) is 79.1 Å². The molecule has 1 saturated carbocycles. The highest BCUT2D eigenvalue weighted by Gasteiger charge is 2.46. The molecule has 230 valence electrons. The van der Waals surface area contributed by atoms with Crippen molar-refractivity contribution < 1.29 is 43.4 Å². The van der Waals surface area contributed by atoms with Gasteiger partial charge in [-0.3, -0.25) is 4.79 Å². The average molecular weight is 577 g/mol. The molecule has 0 radical (unpaired) electrons. The number of unbranched alkanes of at least 4 members (excludes halogenated alkanes) is 1. The maximum atomic E-state index is 11.1. The topological polar surface area (TPSA) is 113 Å². The van der Waals surface area contributed by atoms with Gasteiger partial charge in [-0.15, -0.1) is 0 Å². The molecule has 2 heterocycles. The predicted octanol–water partition coefficient (Wildman–Crippen LogP) is 5.25. The Morgan fingerprint density at radius 3 is 2.44 bits per heavy atom. The minimum atomic E-state index is -0.797. The van der Waals surface area contributed by atoms with Crippen LogP contribution in [0, 0.1) is 5.92 Å². The first-order chi connectivity index (χ1) is 19.9. The first-order valence-corrected chi connectivity index (χ1v) is 15.3. The van der Waals surface area contributed by atoms with Crippen LogP contribution >= 0.6 is 0 Å². The van der Waals surface area contributed by atoms with E-state index < -0.39 is 17.7 Å². The zero-order chi connectivity index (χ0) is 28.9. The number of allylic oxidation sites excluding steroid dienone is 2. The van der Waals surface area contributed by atoms with Crippen LogP contribution in [-0.2, 0) is 28.5 Å². The quantitative estimate of drug-likeness (QED) is 0.201. The number of rotatable bonds is 16. The van der Waals surface area contributed by atoms with Crippen molar-refractivity contribution in [1.82, 2.24) is 0 Å². The zero-order valence-electron chi connectivity index (χ0n) is 24.4. The van der Waals surface area contributed by atoms with E-state index in [1.54, 1.807) is 0 Å². The van der Waals surface area contributed by atoms with Crippen molar-refractivity contribution in [3.63, 3.8) is 0 Å². The lowest BCUT2D eigenvalue weighted by atomic mass is 9.98. The molecule has 9 heteroatoms. The van der Waals surface area contributed by atoms with Gasteiger partial charge in [0.15, 0.2) is 12.6 Å². The van der Waals surface area contributed by atoms with E-state index in [4.69, 9.17) is 33.5 Å². The molecule has 7 unspecified atom stereocenters. The van der Waals surface area contributed by atoms with E-state index in [1.165, 1.54) is 0 Å². The molecule has 41 heavy (non-hydrogen) atoms. The number of ether oxygens (including phenoxy) is 6. The molecule has 7 atom stereocenters. The molecule has 1 aromatic rings. The Hall–Kier alpha value is -2.01. The van der Waals surface area contributed by atoms with E-state index in [0.717, 1.165) is 44.3 Å². The predicted molar refractivity (Wildman–Crippen MR) is 153 cm³/mol. The molecule has 1 aliphatic carbocycles. The largest absolute Gasteiger partial charge is 0.491 e. The monoisotopic (exact) mass is 576 g/mol. The van der Waals surface area contributed by atoms with Gasteiger partial charge in [-0.25, -0.2) is 0 Å². The number of hydrogen-bond acceptors (Lipinski definition) is 8. The molecule has 4 rings (SSSR count). The number of benzene rings is 1. The maximum absolute atomic E-state index is 11.1. The summed E-state index contributed by atoms with van der Waals surface area (Å²) in [6.07, 6.45) is 10.4. The van der Waals surface area contributed by atoms with Gasteiger partial charge < -0.3 is 38.6 Å². The van der Waals surface area contributed by atoms with Gasteiger partial charge in [-0.05, 0) is 76.8 Å². The number of aliphatic hydroxyl groups is 1. The van der Waals surface area contributed by atoms with Crippen molar-refractivity contribution in [2.75, 3.05) is 26.4 Å². The van der Waals surface area contributed by atoms with E-state index in [2.05, 4.69) is 0 Å². The third-order valence-electron chi connectivity index (χ3n) is 7.98. The summed E-state index contributed by atoms with van der Waals surface area (Å²) in [6, 6.07) is 9.65. The molecule has 1 aromatic carbocycles. The van der Waals surface area contributed by atoms with Crippen LogP contribution in [0.5, 0.6) is 5.75 Å². The number of carboxylic acid groups (broad SMARTS) is 1. The Bertz CT molecular complexity index is 913. The molecule has 0 amide bonds. The zero-order valence-corrected chi connectivity index (χ0v) is 24.4. The fourth-order valence-corrected chi connectivity index (χ4v) is 5.71. The van der Waals surface area contributed by atoms with E-state index in [0.29, 0.717) is 38.9 Å². The molecule has 2 saturated heterocycles. The second-order valence-corrected chi connectivity index (χ2v) is 11.7. The Morgan fingerprint density at radius 1 is 1.02 bits per heavy atom. The van der Waals surface area contributed by atoms with Crippen LogP contribution in [0.2, 0.25) is 0 Å². The maximum Gasteiger partial charge on any atom is 0.303 e. The summed E-state index contributed by atoms with van der Waals surface area (Å²) in [7, 11) is 0. The molecule has 0 spiro atoms. The van der Waals surface area contributed by atoms with Crippen LogP contribution in [0.25, 0.3) is 0 Å². The minimum Gasteiger partial charge on any atom is -0.491 e. The number of aliphatic hydroxyl groups excluding tert-OH is 1. The summed E-state index contributed by atoms with van der Waals surface area (Å²) in [5.74, 6) is -0.211. The number of hydrogen-bond donors (Lipinski definition) is 2. The van der Waals surface area contributed by atoms with E-state index >= 15 is 0 Å². The average Bonchev–Trinajstić information content (AvgIpc) is 3.27. The second-order valence-electron chi connectivity index (χ2n) is 11.7. The van der Waals surface area contributed by atoms with Crippen LogP contribution in [0.1, 0.15) is 77.6 Å². The first kappa shape index (κ1) is 31.9. The van der Waals surface area contributed by atoms with Gasteiger partial charge in [0.25, 0.3) is 0 Å². The van der Waals surface area contributed by atoms with Gasteiger partial charge in [-0.2, -0.15) is 0 Å². The standard InChI is InChI=1S/C32H48O9/c1-32(41-30-18-10-12-20-37-30,22-38-24-13-5-4-6-14-24)23-39-31-25(15-7-2-3-8-16-28(34)35)26(33)21-27(31)40-29-17-9-11-19-36-29/h2,4-7,13-14,25-27,29-31,33H,3,8-12,15-23H2,1H3,(H,34,35). The van der Waals surface area contributed by atoms with Crippen molar-refractivity contribution in [3.8, 4) is 5.75 Å². The Balaban J connectivity index is 1.43. The first-order valence-electron chi connectivity index (χ1n) is 15.3. The fraction of sp³-hybridized carbons (Fsp3) is 0.719. The normalized spacial score (nSPS) is 30.3. The van der Waals surface area contributed by atoms with Crippen molar-refractivity contribution in [2.45, 2.75) is 114 Å². The summed E-state index contributed by atoms with van der Waals surface area (Å²) in [5.41, 5.74) is -0.797. The van der Waals surface area contributed by atoms with E-state index in [9.17, 15) is 9.90 Å². The van der Waals surface area contributed by atoms with Gasteiger partial charge in [0.2, 0.25) is 0 Å². The van der Waals surface area contributed by atoms with Gasteiger partial charge in [-0.1, -0.05) is 30.4 Å². The number of carboxylic acids is 1. The van der Waals surface area contributed by atoms with Gasteiger partial charge in [0.1, 0.15) is 18.0 Å². The SMILES string of the molecule is CC(COc1ccccc1)(COC1C(OC2CCCCO2)CC(O)C1CC=CCCCC(=O)O)OC1CCCCO1.